The molecule has 0 aliphatic carbocycles. The van der Waals surface area contributed by atoms with E-state index in [1.807, 2.05) is 13.0 Å². The van der Waals surface area contributed by atoms with Crippen molar-refractivity contribution in [1.82, 2.24) is 0 Å². The van der Waals surface area contributed by atoms with Crippen LogP contribution in [0.2, 0.25) is 0 Å². The van der Waals surface area contributed by atoms with Gasteiger partial charge in [-0.3, -0.25) is 25.0 Å². The molecule has 118 valence electrons. The van der Waals surface area contributed by atoms with Gasteiger partial charge in [-0.15, -0.1) is 0 Å². The van der Waals surface area contributed by atoms with Crippen LogP contribution in [-0.2, 0) is 0 Å². The highest BCUT2D eigenvalue weighted by atomic mass is 16.6. The molecule has 0 fully saturated rings. The van der Waals surface area contributed by atoms with Crippen LogP contribution >= 0.6 is 0 Å². The van der Waals surface area contributed by atoms with Gasteiger partial charge in [0.25, 0.3) is 17.3 Å². The van der Waals surface area contributed by atoms with E-state index in [1.165, 1.54) is 11.9 Å². The lowest BCUT2D eigenvalue weighted by molar-refractivity contribution is -0.394. The molecule has 0 saturated heterocycles. The molecule has 0 spiro atoms. The third-order valence-corrected chi connectivity index (χ3v) is 3.26. The topological polar surface area (TPSA) is 107 Å². The Kier molecular flexibility index (Phi) is 4.35. The fourth-order valence-corrected chi connectivity index (χ4v) is 2.08. The van der Waals surface area contributed by atoms with Crippen molar-refractivity contribution in [3.63, 3.8) is 0 Å². The number of benzene rings is 2. The van der Waals surface area contributed by atoms with Gasteiger partial charge >= 0.3 is 0 Å². The third kappa shape index (κ3) is 3.49. The summed E-state index contributed by atoms with van der Waals surface area (Å²) in [5, 5.41) is 21.8. The number of hydrogen-bond acceptors (Lipinski definition) is 5. The van der Waals surface area contributed by atoms with Crippen LogP contribution in [0.25, 0.3) is 0 Å². The van der Waals surface area contributed by atoms with E-state index in [2.05, 4.69) is 0 Å². The van der Waals surface area contributed by atoms with Crippen LogP contribution in [0.15, 0.2) is 42.5 Å². The smallest absolute Gasteiger partial charge is 0.277 e. The molecule has 0 aliphatic rings. The highest BCUT2D eigenvalue weighted by Crippen LogP contribution is 2.25. The summed E-state index contributed by atoms with van der Waals surface area (Å²) in [6, 6.07) is 9.98. The highest BCUT2D eigenvalue weighted by Gasteiger charge is 2.22. The lowest BCUT2D eigenvalue weighted by Gasteiger charge is -2.17. The minimum absolute atomic E-state index is 0.116. The Hall–Kier alpha value is -3.29. The Morgan fingerprint density at radius 3 is 2.04 bits per heavy atom. The summed E-state index contributed by atoms with van der Waals surface area (Å²) in [5.74, 6) is -0.567. The molecule has 2 aromatic rings. The van der Waals surface area contributed by atoms with Gasteiger partial charge in [0.05, 0.1) is 21.5 Å². The molecule has 1 amide bonds. The second-order valence-electron chi connectivity index (χ2n) is 4.96. The summed E-state index contributed by atoms with van der Waals surface area (Å²) in [6.07, 6.45) is 0. The van der Waals surface area contributed by atoms with Crippen LogP contribution in [0.5, 0.6) is 0 Å². The standard InChI is InChI=1S/C15H13N3O5/c1-10-4-3-5-12(6-10)16(2)15(19)11-7-13(17(20)21)9-14(8-11)18(22)23/h3-9H,1-2H3. The largest absolute Gasteiger partial charge is 0.311 e. The fourth-order valence-electron chi connectivity index (χ4n) is 2.08. The summed E-state index contributed by atoms with van der Waals surface area (Å²) in [6.45, 7) is 1.86. The van der Waals surface area contributed by atoms with Gasteiger partial charge in [0.2, 0.25) is 0 Å². The Balaban J connectivity index is 2.45. The minimum Gasteiger partial charge on any atom is -0.311 e. The van der Waals surface area contributed by atoms with Gasteiger partial charge < -0.3 is 4.90 Å². The number of non-ortho nitro benzene ring substituents is 2. The molecule has 0 radical (unpaired) electrons. The monoisotopic (exact) mass is 315 g/mol. The molecule has 0 heterocycles. The average Bonchev–Trinajstić information content (AvgIpc) is 2.52. The van der Waals surface area contributed by atoms with Crippen molar-refractivity contribution in [2.75, 3.05) is 11.9 Å². The molecule has 0 saturated carbocycles. The summed E-state index contributed by atoms with van der Waals surface area (Å²) in [4.78, 5) is 34.0. The van der Waals surface area contributed by atoms with Crippen LogP contribution in [0, 0.1) is 27.2 Å². The number of carbonyl (C=O) groups is 1. The van der Waals surface area contributed by atoms with Crippen LogP contribution < -0.4 is 4.90 Å². The van der Waals surface area contributed by atoms with E-state index >= 15 is 0 Å². The van der Waals surface area contributed by atoms with Crippen LogP contribution in [0.3, 0.4) is 0 Å². The van der Waals surface area contributed by atoms with Crippen LogP contribution in [0.1, 0.15) is 15.9 Å². The van der Waals surface area contributed by atoms with E-state index in [-0.39, 0.29) is 5.56 Å². The second kappa shape index (κ2) is 6.22. The molecular weight excluding hydrogens is 302 g/mol. The van der Waals surface area contributed by atoms with Crippen molar-refractivity contribution in [3.8, 4) is 0 Å². The van der Waals surface area contributed by atoms with Gasteiger partial charge in [-0.2, -0.15) is 0 Å². The number of hydrogen-bond donors (Lipinski definition) is 0. The first-order chi connectivity index (χ1) is 10.8. The van der Waals surface area contributed by atoms with Crippen molar-refractivity contribution < 1.29 is 14.6 Å². The maximum atomic E-state index is 12.5. The highest BCUT2D eigenvalue weighted by molar-refractivity contribution is 6.06. The van der Waals surface area contributed by atoms with Gasteiger partial charge in [0.15, 0.2) is 0 Å². The molecule has 0 N–H and O–H groups in total. The van der Waals surface area contributed by atoms with E-state index in [1.54, 1.807) is 18.2 Å². The first kappa shape index (κ1) is 16.1. The molecule has 8 heteroatoms. The number of amides is 1. The number of rotatable bonds is 4. The van der Waals surface area contributed by atoms with E-state index in [9.17, 15) is 25.0 Å². The zero-order valence-corrected chi connectivity index (χ0v) is 12.4. The Morgan fingerprint density at radius 1 is 1.00 bits per heavy atom. The van der Waals surface area contributed by atoms with Crippen molar-refractivity contribution in [3.05, 3.63) is 73.8 Å². The van der Waals surface area contributed by atoms with Gasteiger partial charge in [-0.25, -0.2) is 0 Å². The number of aryl methyl sites for hydroxylation is 1. The molecule has 2 rings (SSSR count). The van der Waals surface area contributed by atoms with Gasteiger partial charge in [0.1, 0.15) is 0 Å². The zero-order chi connectivity index (χ0) is 17.1. The van der Waals surface area contributed by atoms with Crippen molar-refractivity contribution in [2.45, 2.75) is 6.92 Å². The number of nitro groups is 2. The van der Waals surface area contributed by atoms with E-state index in [4.69, 9.17) is 0 Å². The lowest BCUT2D eigenvalue weighted by Crippen LogP contribution is -2.26. The van der Waals surface area contributed by atoms with Crippen LogP contribution in [0.4, 0.5) is 17.1 Å². The molecule has 0 aliphatic heterocycles. The zero-order valence-electron chi connectivity index (χ0n) is 12.4. The first-order valence-electron chi connectivity index (χ1n) is 6.58. The summed E-state index contributed by atoms with van der Waals surface area (Å²) in [7, 11) is 1.50. The first-order valence-corrected chi connectivity index (χ1v) is 6.58. The summed E-state index contributed by atoms with van der Waals surface area (Å²) in [5.41, 5.74) is 0.409. The van der Waals surface area contributed by atoms with Crippen LogP contribution in [-0.4, -0.2) is 22.8 Å². The molecule has 0 aromatic heterocycles. The Morgan fingerprint density at radius 2 is 1.57 bits per heavy atom. The van der Waals surface area contributed by atoms with Crippen molar-refractivity contribution >= 4 is 23.0 Å². The maximum absolute atomic E-state index is 12.5. The normalized spacial score (nSPS) is 10.2. The quantitative estimate of drug-likeness (QED) is 0.636. The molecule has 8 nitrogen and oxygen atoms in total. The minimum atomic E-state index is -0.767. The van der Waals surface area contributed by atoms with Crippen molar-refractivity contribution in [2.24, 2.45) is 0 Å². The lowest BCUT2D eigenvalue weighted by atomic mass is 10.1. The third-order valence-electron chi connectivity index (χ3n) is 3.26. The summed E-state index contributed by atoms with van der Waals surface area (Å²) >= 11 is 0. The van der Waals surface area contributed by atoms with Crippen molar-refractivity contribution in [1.29, 1.82) is 0 Å². The number of nitrogens with zero attached hydrogens (tertiary/aromatic N) is 3. The molecule has 0 unspecified atom stereocenters. The molecule has 23 heavy (non-hydrogen) atoms. The Bertz CT molecular complexity index is 771. The molecular formula is C15H13N3O5. The van der Waals surface area contributed by atoms with E-state index < -0.39 is 27.1 Å². The predicted octanol–water partition coefficient (Wildman–Crippen LogP) is 3.09. The van der Waals surface area contributed by atoms with Gasteiger partial charge in [0, 0.05) is 24.9 Å². The molecule has 0 bridgehead atoms. The Labute approximate surface area is 131 Å². The van der Waals surface area contributed by atoms with E-state index in [0.717, 1.165) is 23.8 Å². The fraction of sp³-hybridized carbons (Fsp3) is 0.133. The SMILES string of the molecule is Cc1cccc(N(C)C(=O)c2cc([N+](=O)[O-])cc([N+](=O)[O-])c2)c1. The second-order valence-corrected chi connectivity index (χ2v) is 4.96. The maximum Gasteiger partial charge on any atom is 0.277 e. The average molecular weight is 315 g/mol. The van der Waals surface area contributed by atoms with E-state index in [0.29, 0.717) is 5.69 Å². The number of anilines is 1. The summed E-state index contributed by atoms with van der Waals surface area (Å²) < 4.78 is 0. The number of carbonyl (C=O) groups excluding carboxylic acids is 1. The molecule has 0 atom stereocenters. The van der Waals surface area contributed by atoms with Gasteiger partial charge in [-0.1, -0.05) is 12.1 Å². The predicted molar refractivity (Wildman–Crippen MR) is 83.7 cm³/mol. The molecule has 2 aromatic carbocycles. The van der Waals surface area contributed by atoms with Gasteiger partial charge in [-0.05, 0) is 24.6 Å². The number of nitro benzene ring substituents is 2.